The van der Waals surface area contributed by atoms with Crippen molar-refractivity contribution < 1.29 is 4.74 Å². The lowest BCUT2D eigenvalue weighted by Gasteiger charge is -2.24. The molecule has 5 heteroatoms. The van der Waals surface area contributed by atoms with Crippen LogP contribution in [0.4, 0.5) is 0 Å². The van der Waals surface area contributed by atoms with Gasteiger partial charge in [0.25, 0.3) is 0 Å². The first-order chi connectivity index (χ1) is 14.1. The number of ether oxygens (including phenoxy) is 1. The van der Waals surface area contributed by atoms with Crippen LogP contribution in [0.1, 0.15) is 50.0 Å². The Morgan fingerprint density at radius 2 is 1.90 bits per heavy atom. The minimum absolute atomic E-state index is 0.359. The normalized spacial score (nSPS) is 15.8. The molecule has 2 heterocycles. The summed E-state index contributed by atoms with van der Waals surface area (Å²) in [6, 6.07) is 14.7. The Hall–Kier alpha value is -2.04. The number of unbranched alkanes of at least 4 members (excludes halogenated alkanes) is 1. The van der Waals surface area contributed by atoms with Gasteiger partial charge >= 0.3 is 0 Å². The number of hydrogen-bond acceptors (Lipinski definition) is 3. The maximum Gasteiger partial charge on any atom is 0.127 e. The second-order valence-electron chi connectivity index (χ2n) is 8.00. The van der Waals surface area contributed by atoms with Gasteiger partial charge < -0.3 is 9.30 Å². The van der Waals surface area contributed by atoms with Crippen molar-refractivity contribution in [2.75, 3.05) is 19.7 Å². The molecule has 0 N–H and O–H groups in total. The molecule has 1 aliphatic heterocycles. The molecule has 154 valence electrons. The average Bonchev–Trinajstić information content (AvgIpc) is 3.38. The van der Waals surface area contributed by atoms with E-state index in [2.05, 4.69) is 40.7 Å². The molecule has 1 fully saturated rings. The predicted octanol–water partition coefficient (Wildman–Crippen LogP) is 6.01. The van der Waals surface area contributed by atoms with Crippen molar-refractivity contribution in [2.24, 2.45) is 0 Å². The van der Waals surface area contributed by atoms with Crippen molar-refractivity contribution in [2.45, 2.75) is 52.1 Å². The number of fused-ring (bicyclic) bond motifs is 1. The fourth-order valence-electron chi connectivity index (χ4n) is 4.21. The highest BCUT2D eigenvalue weighted by atomic mass is 35.5. The standard InChI is InChI=1S/C24H30ClN3O/c1-18-17-20(11-12-21(18)25)29-16-8-7-15-28-23-10-4-3-9-22(23)26-24(28)19(2)27-13-5-6-14-27/h3-4,9-12,17,19H,5-8,13-16H2,1-2H3. The number of hydrogen-bond donors (Lipinski definition) is 0. The van der Waals surface area contributed by atoms with Gasteiger partial charge in [-0.15, -0.1) is 0 Å². The summed E-state index contributed by atoms with van der Waals surface area (Å²) in [5.41, 5.74) is 3.39. The number of aromatic nitrogens is 2. The van der Waals surface area contributed by atoms with E-state index in [1.165, 1.54) is 37.3 Å². The molecule has 0 radical (unpaired) electrons. The first kappa shape index (κ1) is 20.2. The minimum atomic E-state index is 0.359. The van der Waals surface area contributed by atoms with E-state index in [0.717, 1.165) is 41.2 Å². The Morgan fingerprint density at radius 3 is 2.69 bits per heavy atom. The van der Waals surface area contributed by atoms with E-state index in [9.17, 15) is 0 Å². The molecule has 0 aliphatic carbocycles. The smallest absolute Gasteiger partial charge is 0.127 e. The monoisotopic (exact) mass is 411 g/mol. The summed E-state index contributed by atoms with van der Waals surface area (Å²) in [5.74, 6) is 2.09. The largest absolute Gasteiger partial charge is 0.494 e. The molecule has 0 bridgehead atoms. The number of benzene rings is 2. The van der Waals surface area contributed by atoms with E-state index in [-0.39, 0.29) is 0 Å². The Morgan fingerprint density at radius 1 is 1.10 bits per heavy atom. The number of imidazole rings is 1. The highest BCUT2D eigenvalue weighted by Gasteiger charge is 2.24. The van der Waals surface area contributed by atoms with Gasteiger partial charge in [-0.1, -0.05) is 23.7 Å². The second kappa shape index (κ2) is 9.19. The van der Waals surface area contributed by atoms with E-state index >= 15 is 0 Å². The van der Waals surface area contributed by atoms with E-state index in [1.807, 2.05) is 25.1 Å². The number of halogens is 1. The first-order valence-electron chi connectivity index (χ1n) is 10.7. The number of aryl methyl sites for hydroxylation is 2. The van der Waals surface area contributed by atoms with Gasteiger partial charge in [0.05, 0.1) is 23.7 Å². The van der Waals surface area contributed by atoms with E-state index in [4.69, 9.17) is 21.3 Å². The Labute approximate surface area is 178 Å². The molecule has 0 spiro atoms. The Balaban J connectivity index is 1.40. The zero-order valence-electron chi connectivity index (χ0n) is 17.4. The SMILES string of the molecule is Cc1cc(OCCCCn2c(C(C)N3CCCC3)nc3ccccc32)ccc1Cl. The summed E-state index contributed by atoms with van der Waals surface area (Å²) in [5, 5.41) is 0.781. The van der Waals surface area contributed by atoms with Gasteiger partial charge in [0.1, 0.15) is 11.6 Å². The van der Waals surface area contributed by atoms with Crippen LogP contribution < -0.4 is 4.74 Å². The molecule has 29 heavy (non-hydrogen) atoms. The molecule has 1 aromatic heterocycles. The second-order valence-corrected chi connectivity index (χ2v) is 8.40. The van der Waals surface area contributed by atoms with Crippen LogP contribution in [0.15, 0.2) is 42.5 Å². The predicted molar refractivity (Wildman–Crippen MR) is 120 cm³/mol. The van der Waals surface area contributed by atoms with Crippen LogP contribution in [0.25, 0.3) is 11.0 Å². The number of para-hydroxylation sites is 2. The zero-order chi connectivity index (χ0) is 20.2. The molecule has 1 atom stereocenters. The molecule has 1 saturated heterocycles. The van der Waals surface area contributed by atoms with Crippen molar-refractivity contribution in [3.8, 4) is 5.75 Å². The van der Waals surface area contributed by atoms with E-state index in [1.54, 1.807) is 0 Å². The molecule has 3 aromatic rings. The van der Waals surface area contributed by atoms with E-state index < -0.39 is 0 Å². The topological polar surface area (TPSA) is 30.3 Å². The Kier molecular flexibility index (Phi) is 6.41. The first-order valence-corrected chi connectivity index (χ1v) is 11.1. The summed E-state index contributed by atoms with van der Waals surface area (Å²) >= 11 is 6.09. The van der Waals surface area contributed by atoms with Gasteiger partial charge in [-0.05, 0) is 88.5 Å². The highest BCUT2D eigenvalue weighted by molar-refractivity contribution is 6.31. The fourth-order valence-corrected chi connectivity index (χ4v) is 4.33. The Bertz CT molecular complexity index is 962. The molecule has 0 saturated carbocycles. The van der Waals surface area contributed by atoms with Crippen LogP contribution >= 0.6 is 11.6 Å². The van der Waals surface area contributed by atoms with Crippen LogP contribution in [-0.4, -0.2) is 34.1 Å². The number of rotatable bonds is 8. The molecule has 0 amide bonds. The quantitative estimate of drug-likeness (QED) is 0.425. The summed E-state index contributed by atoms with van der Waals surface area (Å²) < 4.78 is 8.34. The third-order valence-electron chi connectivity index (χ3n) is 5.92. The lowest BCUT2D eigenvalue weighted by atomic mass is 10.2. The lowest BCUT2D eigenvalue weighted by Crippen LogP contribution is -2.26. The molecule has 2 aromatic carbocycles. The van der Waals surface area contributed by atoms with Gasteiger partial charge in [0, 0.05) is 11.6 Å². The third-order valence-corrected chi connectivity index (χ3v) is 6.34. The maximum absolute atomic E-state index is 6.09. The summed E-state index contributed by atoms with van der Waals surface area (Å²) in [4.78, 5) is 7.56. The minimum Gasteiger partial charge on any atom is -0.494 e. The summed E-state index contributed by atoms with van der Waals surface area (Å²) in [6.07, 6.45) is 4.66. The molecular weight excluding hydrogens is 382 g/mol. The van der Waals surface area contributed by atoms with Crippen LogP contribution in [0.5, 0.6) is 5.75 Å². The van der Waals surface area contributed by atoms with Crippen molar-refractivity contribution in [3.63, 3.8) is 0 Å². The summed E-state index contributed by atoms with van der Waals surface area (Å²) in [7, 11) is 0. The van der Waals surface area contributed by atoms with E-state index in [0.29, 0.717) is 12.6 Å². The maximum atomic E-state index is 6.09. The number of likely N-dealkylation sites (tertiary alicyclic amines) is 1. The van der Waals surface area contributed by atoms with Crippen LogP contribution in [0.2, 0.25) is 5.02 Å². The van der Waals surface area contributed by atoms with Crippen molar-refractivity contribution in [1.82, 2.24) is 14.5 Å². The molecular formula is C24H30ClN3O. The van der Waals surface area contributed by atoms with Gasteiger partial charge in [-0.3, -0.25) is 4.90 Å². The van der Waals surface area contributed by atoms with Crippen LogP contribution in [-0.2, 0) is 6.54 Å². The molecule has 1 aliphatic rings. The molecule has 1 unspecified atom stereocenters. The average molecular weight is 412 g/mol. The van der Waals surface area contributed by atoms with Crippen LogP contribution in [0.3, 0.4) is 0 Å². The third kappa shape index (κ3) is 4.59. The van der Waals surface area contributed by atoms with Crippen molar-refractivity contribution >= 4 is 22.6 Å². The zero-order valence-corrected chi connectivity index (χ0v) is 18.2. The number of nitrogens with zero attached hydrogens (tertiary/aromatic N) is 3. The fraction of sp³-hybridized carbons (Fsp3) is 0.458. The van der Waals surface area contributed by atoms with Crippen molar-refractivity contribution in [1.29, 1.82) is 0 Å². The van der Waals surface area contributed by atoms with Gasteiger partial charge in [0.15, 0.2) is 0 Å². The van der Waals surface area contributed by atoms with Gasteiger partial charge in [0.2, 0.25) is 0 Å². The highest BCUT2D eigenvalue weighted by Crippen LogP contribution is 2.28. The van der Waals surface area contributed by atoms with Gasteiger partial charge in [-0.2, -0.15) is 0 Å². The molecule has 4 nitrogen and oxygen atoms in total. The van der Waals surface area contributed by atoms with Crippen molar-refractivity contribution in [3.05, 3.63) is 58.9 Å². The van der Waals surface area contributed by atoms with Gasteiger partial charge in [-0.25, -0.2) is 4.98 Å². The molecule has 4 rings (SSSR count). The lowest BCUT2D eigenvalue weighted by molar-refractivity contribution is 0.247. The van der Waals surface area contributed by atoms with Crippen LogP contribution in [0, 0.1) is 6.92 Å². The summed E-state index contributed by atoms with van der Waals surface area (Å²) in [6.45, 7) is 8.34.